The van der Waals surface area contributed by atoms with Crippen molar-refractivity contribution in [3.63, 3.8) is 0 Å². The maximum absolute atomic E-state index is 12.6. The summed E-state index contributed by atoms with van der Waals surface area (Å²) < 4.78 is 10.7. The van der Waals surface area contributed by atoms with Crippen LogP contribution in [0.5, 0.6) is 0 Å². The molecule has 0 spiro atoms. The van der Waals surface area contributed by atoms with E-state index in [-0.39, 0.29) is 41.7 Å². The van der Waals surface area contributed by atoms with Crippen molar-refractivity contribution in [1.29, 1.82) is 0 Å². The second-order valence-electron chi connectivity index (χ2n) is 7.17. The Kier molecular flexibility index (Phi) is 3.09. The van der Waals surface area contributed by atoms with Crippen LogP contribution in [-0.2, 0) is 19.1 Å². The molecule has 4 nitrogen and oxygen atoms in total. The maximum atomic E-state index is 12.6. The predicted octanol–water partition coefficient (Wildman–Crippen LogP) is 2.33. The Morgan fingerprint density at radius 2 is 1.67 bits per heavy atom. The Hall–Kier alpha value is -1.32. The molecule has 21 heavy (non-hydrogen) atoms. The fourth-order valence-corrected chi connectivity index (χ4v) is 5.16. The maximum Gasteiger partial charge on any atom is 0.310 e. The molecular formula is C17H22O4. The van der Waals surface area contributed by atoms with Crippen LogP contribution in [0.4, 0.5) is 0 Å². The number of allylic oxidation sites excluding steroid dienone is 2. The van der Waals surface area contributed by atoms with E-state index in [1.807, 2.05) is 0 Å². The summed E-state index contributed by atoms with van der Waals surface area (Å²) in [6.07, 6.45) is 9.85. The van der Waals surface area contributed by atoms with Gasteiger partial charge in [0, 0.05) is 0 Å². The van der Waals surface area contributed by atoms with E-state index in [2.05, 4.69) is 12.2 Å². The molecule has 0 N–H and O–H groups in total. The lowest BCUT2D eigenvalue weighted by Crippen LogP contribution is -2.37. The Morgan fingerprint density at radius 3 is 2.24 bits per heavy atom. The molecule has 0 aromatic rings. The summed E-state index contributed by atoms with van der Waals surface area (Å²) in [5.41, 5.74) is 0. The number of hydrogen-bond acceptors (Lipinski definition) is 4. The molecule has 4 rings (SSSR count). The minimum atomic E-state index is -0.337. The highest BCUT2D eigenvalue weighted by molar-refractivity contribution is 5.84. The smallest absolute Gasteiger partial charge is 0.310 e. The minimum Gasteiger partial charge on any atom is -0.469 e. The van der Waals surface area contributed by atoms with Gasteiger partial charge in [-0.15, -0.1) is 0 Å². The third kappa shape index (κ3) is 2.02. The summed E-state index contributed by atoms with van der Waals surface area (Å²) in [6, 6.07) is 0. The van der Waals surface area contributed by atoms with Crippen LogP contribution < -0.4 is 0 Å². The molecular weight excluding hydrogens is 268 g/mol. The highest BCUT2D eigenvalue weighted by atomic mass is 16.5. The third-order valence-corrected chi connectivity index (χ3v) is 6.15. The zero-order chi connectivity index (χ0) is 14.6. The average molecular weight is 290 g/mol. The average Bonchev–Trinajstić information content (AvgIpc) is 3.24. The lowest BCUT2D eigenvalue weighted by atomic mass is 9.83. The van der Waals surface area contributed by atoms with E-state index < -0.39 is 0 Å². The molecule has 0 aliphatic heterocycles. The van der Waals surface area contributed by atoms with Crippen molar-refractivity contribution in [3.8, 4) is 0 Å². The number of carbonyl (C=O) groups excluding carboxylic acids is 2. The zero-order valence-electron chi connectivity index (χ0n) is 12.4. The van der Waals surface area contributed by atoms with E-state index in [1.165, 1.54) is 26.4 Å². The molecule has 0 amide bonds. The number of methoxy groups -OCH3 is 1. The molecule has 4 aliphatic rings. The van der Waals surface area contributed by atoms with E-state index in [1.54, 1.807) is 0 Å². The van der Waals surface area contributed by atoms with Crippen molar-refractivity contribution in [2.45, 2.75) is 38.2 Å². The van der Waals surface area contributed by atoms with E-state index in [0.717, 1.165) is 18.8 Å². The van der Waals surface area contributed by atoms with Crippen molar-refractivity contribution in [3.05, 3.63) is 12.2 Å². The molecule has 4 aliphatic carbocycles. The van der Waals surface area contributed by atoms with Gasteiger partial charge in [0.25, 0.3) is 0 Å². The van der Waals surface area contributed by atoms with Crippen molar-refractivity contribution in [2.75, 3.05) is 7.11 Å². The minimum absolute atomic E-state index is 0.0950. The molecule has 4 heteroatoms. The van der Waals surface area contributed by atoms with Crippen molar-refractivity contribution < 1.29 is 19.1 Å². The summed E-state index contributed by atoms with van der Waals surface area (Å²) in [4.78, 5) is 24.7. The van der Waals surface area contributed by atoms with Crippen LogP contribution in [0.3, 0.4) is 0 Å². The van der Waals surface area contributed by atoms with Crippen LogP contribution in [0.1, 0.15) is 32.1 Å². The SMILES string of the molecule is COC(=O)C1C2C=CC(C2)C1C(=O)OC1CC2CCC1C2. The summed E-state index contributed by atoms with van der Waals surface area (Å²) in [5.74, 6) is 0.531. The Morgan fingerprint density at radius 1 is 0.952 bits per heavy atom. The summed E-state index contributed by atoms with van der Waals surface area (Å²) in [6.45, 7) is 0. The molecule has 0 aromatic heterocycles. The van der Waals surface area contributed by atoms with Gasteiger partial charge < -0.3 is 9.47 Å². The van der Waals surface area contributed by atoms with Gasteiger partial charge in [-0.1, -0.05) is 12.2 Å². The lowest BCUT2D eigenvalue weighted by molar-refractivity contribution is -0.165. The lowest BCUT2D eigenvalue weighted by Gasteiger charge is -2.28. The Balaban J connectivity index is 1.48. The van der Waals surface area contributed by atoms with E-state index in [4.69, 9.17) is 9.47 Å². The topological polar surface area (TPSA) is 52.6 Å². The molecule has 3 fully saturated rings. The van der Waals surface area contributed by atoms with Gasteiger partial charge in [-0.05, 0) is 55.8 Å². The number of ether oxygens (including phenoxy) is 2. The van der Waals surface area contributed by atoms with Crippen LogP contribution in [-0.4, -0.2) is 25.2 Å². The van der Waals surface area contributed by atoms with Crippen LogP contribution in [0.2, 0.25) is 0 Å². The number of rotatable bonds is 3. The van der Waals surface area contributed by atoms with Gasteiger partial charge in [-0.2, -0.15) is 0 Å². The first-order valence-corrected chi connectivity index (χ1v) is 8.14. The molecule has 0 saturated heterocycles. The standard InChI is InChI=1S/C17H22O4/c1-20-16(18)14-11-4-5-12(8-11)15(14)17(19)21-13-7-9-2-3-10(13)6-9/h4-5,9-15H,2-3,6-8H2,1H3. The molecule has 3 saturated carbocycles. The first-order chi connectivity index (χ1) is 10.2. The summed E-state index contributed by atoms with van der Waals surface area (Å²) in [5, 5.41) is 0. The summed E-state index contributed by atoms with van der Waals surface area (Å²) in [7, 11) is 1.40. The van der Waals surface area contributed by atoms with Crippen LogP contribution in [0.15, 0.2) is 12.2 Å². The Labute approximate surface area is 124 Å². The molecule has 0 radical (unpaired) electrons. The monoisotopic (exact) mass is 290 g/mol. The van der Waals surface area contributed by atoms with Gasteiger partial charge in [-0.25, -0.2) is 0 Å². The summed E-state index contributed by atoms with van der Waals surface area (Å²) >= 11 is 0. The fourth-order valence-electron chi connectivity index (χ4n) is 5.16. The highest BCUT2D eigenvalue weighted by Crippen LogP contribution is 2.50. The Bertz CT molecular complexity index is 497. The van der Waals surface area contributed by atoms with Crippen molar-refractivity contribution in [2.24, 2.45) is 35.5 Å². The first kappa shape index (κ1) is 13.4. The molecule has 4 bridgehead atoms. The van der Waals surface area contributed by atoms with Crippen molar-refractivity contribution >= 4 is 11.9 Å². The number of fused-ring (bicyclic) bond motifs is 4. The zero-order valence-corrected chi connectivity index (χ0v) is 12.4. The first-order valence-electron chi connectivity index (χ1n) is 8.14. The van der Waals surface area contributed by atoms with Crippen LogP contribution >= 0.6 is 0 Å². The van der Waals surface area contributed by atoms with Gasteiger partial charge in [0.05, 0.1) is 18.9 Å². The number of hydrogen-bond donors (Lipinski definition) is 0. The quantitative estimate of drug-likeness (QED) is 0.591. The predicted molar refractivity (Wildman–Crippen MR) is 75.1 cm³/mol. The highest BCUT2D eigenvalue weighted by Gasteiger charge is 2.54. The van der Waals surface area contributed by atoms with Gasteiger partial charge >= 0.3 is 11.9 Å². The number of esters is 2. The second kappa shape index (κ2) is 4.85. The van der Waals surface area contributed by atoms with Gasteiger partial charge in [0.15, 0.2) is 0 Å². The van der Waals surface area contributed by atoms with E-state index in [9.17, 15) is 9.59 Å². The fraction of sp³-hybridized carbons (Fsp3) is 0.765. The van der Waals surface area contributed by atoms with Crippen LogP contribution in [0.25, 0.3) is 0 Å². The number of carbonyl (C=O) groups is 2. The van der Waals surface area contributed by atoms with Gasteiger partial charge in [0.2, 0.25) is 0 Å². The second-order valence-corrected chi connectivity index (χ2v) is 7.17. The van der Waals surface area contributed by atoms with E-state index >= 15 is 0 Å². The molecule has 7 atom stereocenters. The third-order valence-electron chi connectivity index (χ3n) is 6.15. The van der Waals surface area contributed by atoms with Crippen LogP contribution in [0, 0.1) is 35.5 Å². The van der Waals surface area contributed by atoms with Gasteiger partial charge in [-0.3, -0.25) is 9.59 Å². The van der Waals surface area contributed by atoms with Gasteiger partial charge in [0.1, 0.15) is 6.10 Å². The molecule has 0 aromatic carbocycles. The molecule has 7 unspecified atom stereocenters. The molecule has 0 heterocycles. The largest absolute Gasteiger partial charge is 0.469 e. The van der Waals surface area contributed by atoms with E-state index in [0.29, 0.717) is 5.92 Å². The molecule has 114 valence electrons. The normalized spacial score (nSPS) is 46.0. The van der Waals surface area contributed by atoms with Crippen molar-refractivity contribution in [1.82, 2.24) is 0 Å².